The highest BCUT2D eigenvalue weighted by Gasteiger charge is 2.26. The number of aromatic nitrogens is 5. The lowest BCUT2D eigenvalue weighted by atomic mass is 10.0. The van der Waals surface area contributed by atoms with Gasteiger partial charge in [-0.1, -0.05) is 127 Å². The van der Waals surface area contributed by atoms with E-state index < -0.39 is 0 Å². The normalized spacial score (nSPS) is 12.4. The van der Waals surface area contributed by atoms with E-state index in [1.54, 1.807) is 0 Å². The summed E-state index contributed by atoms with van der Waals surface area (Å²) in [6.07, 6.45) is 0. The molecular formula is C54H31N5. The molecule has 5 heterocycles. The first-order valence-corrected chi connectivity index (χ1v) is 20.2. The summed E-state index contributed by atoms with van der Waals surface area (Å²) in [5.74, 6) is 0.656. The quantitative estimate of drug-likeness (QED) is 0.180. The highest BCUT2D eigenvalue weighted by atomic mass is 15.2. The van der Waals surface area contributed by atoms with Crippen molar-refractivity contribution in [1.29, 1.82) is 0 Å². The van der Waals surface area contributed by atoms with Crippen molar-refractivity contribution in [2.24, 2.45) is 0 Å². The van der Waals surface area contributed by atoms with E-state index in [1.807, 2.05) is 0 Å². The van der Waals surface area contributed by atoms with Crippen LogP contribution in [0.1, 0.15) is 0 Å². The zero-order valence-electron chi connectivity index (χ0n) is 31.6. The van der Waals surface area contributed by atoms with Gasteiger partial charge in [-0.25, -0.2) is 9.97 Å². The molecule has 5 nitrogen and oxygen atoms in total. The van der Waals surface area contributed by atoms with Crippen LogP contribution in [0, 0.1) is 0 Å². The van der Waals surface area contributed by atoms with Gasteiger partial charge in [0.15, 0.2) is 0 Å². The van der Waals surface area contributed by atoms with Crippen LogP contribution in [0.3, 0.4) is 0 Å². The smallest absolute Gasteiger partial charge is 0.235 e. The minimum absolute atomic E-state index is 0.656. The number of fused-ring (bicyclic) bond motifs is 16. The maximum Gasteiger partial charge on any atom is 0.235 e. The number of rotatable bonds is 3. The Morgan fingerprint density at radius 1 is 0.339 bits per heavy atom. The molecule has 0 N–H and O–H groups in total. The van der Waals surface area contributed by atoms with Gasteiger partial charge in [-0.2, -0.15) is 0 Å². The van der Waals surface area contributed by atoms with Gasteiger partial charge in [-0.3, -0.25) is 4.57 Å². The first-order valence-electron chi connectivity index (χ1n) is 20.2. The second kappa shape index (κ2) is 11.3. The van der Waals surface area contributed by atoms with Gasteiger partial charge in [0.25, 0.3) is 0 Å². The Labute approximate surface area is 336 Å². The number of hydrogen-bond acceptors (Lipinski definition) is 2. The van der Waals surface area contributed by atoms with E-state index in [4.69, 9.17) is 9.97 Å². The molecule has 5 aromatic heterocycles. The summed E-state index contributed by atoms with van der Waals surface area (Å²) in [7, 11) is 0. The summed E-state index contributed by atoms with van der Waals surface area (Å²) in [6, 6.07) is 68.0. The number of para-hydroxylation sites is 5. The van der Waals surface area contributed by atoms with Crippen molar-refractivity contribution in [1.82, 2.24) is 23.5 Å². The first kappa shape index (κ1) is 31.1. The zero-order chi connectivity index (χ0) is 38.3. The molecule has 59 heavy (non-hydrogen) atoms. The Hall–Kier alpha value is -8.02. The van der Waals surface area contributed by atoms with Crippen LogP contribution in [0.2, 0.25) is 0 Å². The predicted molar refractivity (Wildman–Crippen MR) is 246 cm³/mol. The van der Waals surface area contributed by atoms with E-state index in [1.165, 1.54) is 75.9 Å². The zero-order valence-corrected chi connectivity index (χ0v) is 31.6. The number of hydrogen-bond donors (Lipinski definition) is 0. The number of benzene rings is 9. The van der Waals surface area contributed by atoms with E-state index in [0.29, 0.717) is 5.95 Å². The Morgan fingerprint density at radius 3 is 1.80 bits per heavy atom. The average Bonchev–Trinajstić information content (AvgIpc) is 4.03. The molecule has 0 spiro atoms. The summed E-state index contributed by atoms with van der Waals surface area (Å²) >= 11 is 0. The summed E-state index contributed by atoms with van der Waals surface area (Å²) in [5, 5.41) is 13.2. The van der Waals surface area contributed by atoms with Crippen LogP contribution >= 0.6 is 0 Å². The Kier molecular flexibility index (Phi) is 5.96. The molecule has 0 radical (unpaired) electrons. The Morgan fingerprint density at radius 2 is 0.966 bits per heavy atom. The topological polar surface area (TPSA) is 40.0 Å². The molecule has 0 aliphatic heterocycles. The fraction of sp³-hybridized carbons (Fsp3) is 0. The van der Waals surface area contributed by atoms with Crippen LogP contribution in [0.15, 0.2) is 188 Å². The molecule has 9 aromatic carbocycles. The molecule has 0 aliphatic rings. The molecule has 0 atom stereocenters. The lowest BCUT2D eigenvalue weighted by molar-refractivity contribution is 1.02. The van der Waals surface area contributed by atoms with E-state index in [2.05, 4.69) is 202 Å². The van der Waals surface area contributed by atoms with Crippen molar-refractivity contribution < 1.29 is 0 Å². The maximum atomic E-state index is 5.66. The average molecular weight is 750 g/mol. The minimum atomic E-state index is 0.656. The molecule has 0 amide bonds. The fourth-order valence-corrected chi connectivity index (χ4v) is 10.3. The molecular weight excluding hydrogens is 719 g/mol. The van der Waals surface area contributed by atoms with Crippen LogP contribution in [0.5, 0.6) is 0 Å². The summed E-state index contributed by atoms with van der Waals surface area (Å²) in [6.45, 7) is 0. The molecule has 0 aliphatic carbocycles. The second-order valence-electron chi connectivity index (χ2n) is 15.7. The molecule has 0 bridgehead atoms. The third-order valence-corrected chi connectivity index (χ3v) is 12.7. The molecule has 0 unspecified atom stereocenters. The van der Waals surface area contributed by atoms with E-state index in [9.17, 15) is 0 Å². The van der Waals surface area contributed by atoms with Gasteiger partial charge in [0.2, 0.25) is 5.95 Å². The third-order valence-electron chi connectivity index (χ3n) is 12.7. The maximum absolute atomic E-state index is 5.66. The van der Waals surface area contributed by atoms with Gasteiger partial charge in [0.1, 0.15) is 0 Å². The predicted octanol–water partition coefficient (Wildman–Crippen LogP) is 13.8. The molecule has 0 saturated heterocycles. The van der Waals surface area contributed by atoms with E-state index >= 15 is 0 Å². The first-order chi connectivity index (χ1) is 29.3. The van der Waals surface area contributed by atoms with Gasteiger partial charge in [0, 0.05) is 59.7 Å². The van der Waals surface area contributed by atoms with Crippen LogP contribution in [-0.4, -0.2) is 23.5 Å². The molecule has 5 heteroatoms. The summed E-state index contributed by atoms with van der Waals surface area (Å²) < 4.78 is 7.18. The summed E-state index contributed by atoms with van der Waals surface area (Å²) in [4.78, 5) is 11.1. The van der Waals surface area contributed by atoms with Crippen molar-refractivity contribution in [3.05, 3.63) is 188 Å². The monoisotopic (exact) mass is 749 g/mol. The van der Waals surface area contributed by atoms with Crippen LogP contribution in [0.4, 0.5) is 0 Å². The fourth-order valence-electron chi connectivity index (χ4n) is 10.3. The Bertz CT molecular complexity index is 4070. The lowest BCUT2D eigenvalue weighted by Gasteiger charge is -2.13. The molecule has 0 fully saturated rings. The lowest BCUT2D eigenvalue weighted by Crippen LogP contribution is -2.03. The largest absolute Gasteiger partial charge is 0.309 e. The van der Waals surface area contributed by atoms with Crippen molar-refractivity contribution in [3.8, 4) is 22.9 Å². The highest BCUT2D eigenvalue weighted by Crippen LogP contribution is 2.48. The van der Waals surface area contributed by atoms with Gasteiger partial charge >= 0.3 is 0 Å². The van der Waals surface area contributed by atoms with E-state index in [-0.39, 0.29) is 0 Å². The molecule has 14 aromatic rings. The van der Waals surface area contributed by atoms with E-state index in [0.717, 1.165) is 44.4 Å². The van der Waals surface area contributed by atoms with Crippen LogP contribution in [-0.2, 0) is 0 Å². The van der Waals surface area contributed by atoms with Crippen LogP contribution < -0.4 is 0 Å². The van der Waals surface area contributed by atoms with Gasteiger partial charge < -0.3 is 8.97 Å². The molecule has 14 rings (SSSR count). The van der Waals surface area contributed by atoms with Crippen molar-refractivity contribution in [2.75, 3.05) is 0 Å². The number of nitrogens with zero attached hydrogens (tertiary/aromatic N) is 5. The highest BCUT2D eigenvalue weighted by molar-refractivity contribution is 6.36. The standard InChI is InChI=1S/C54H31N5/c1-2-15-34(16-3-1)57-44-23-11-7-18-36(44)40-30-33(27-28-47(40)57)51-38-20-6-10-22-43(38)55-54(56-51)59-48-29-26-32-14-4-5-17-35(32)49(48)42-31-41-37-19-8-12-24-45(37)58-46-25-13-9-21-39(46)50(52(41)58)53(42)59/h1-31H. The van der Waals surface area contributed by atoms with Gasteiger partial charge in [-0.05, 0) is 71.4 Å². The van der Waals surface area contributed by atoms with Crippen molar-refractivity contribution in [2.45, 2.75) is 0 Å². The van der Waals surface area contributed by atoms with Crippen molar-refractivity contribution >= 4 is 103 Å². The molecule has 0 saturated carbocycles. The van der Waals surface area contributed by atoms with Crippen molar-refractivity contribution in [3.63, 3.8) is 0 Å². The summed E-state index contributed by atoms with van der Waals surface area (Å²) in [5.41, 5.74) is 12.2. The SMILES string of the molecule is c1ccc(-n2c3ccccc3c3cc(-c4nc(-n5c6ccc7ccccc7c6c6cc7c8ccccc8n8c9ccccc9c(c65)c78)nc5ccccc45)ccc32)cc1. The third kappa shape index (κ3) is 4.03. The Balaban J connectivity index is 1.14. The second-order valence-corrected chi connectivity index (χ2v) is 15.7. The van der Waals surface area contributed by atoms with Gasteiger partial charge in [-0.15, -0.1) is 0 Å². The minimum Gasteiger partial charge on any atom is -0.309 e. The molecule has 272 valence electrons. The van der Waals surface area contributed by atoms with Crippen LogP contribution in [0.25, 0.3) is 126 Å². The van der Waals surface area contributed by atoms with Gasteiger partial charge in [0.05, 0.1) is 49.8 Å².